The highest BCUT2D eigenvalue weighted by molar-refractivity contribution is 7.76. The van der Waals surface area contributed by atoms with Crippen molar-refractivity contribution in [1.29, 1.82) is 0 Å². The lowest BCUT2D eigenvalue weighted by Crippen LogP contribution is -2.45. The third-order valence-corrected chi connectivity index (χ3v) is 33.6. The van der Waals surface area contributed by atoms with E-state index in [2.05, 4.69) is 224 Å². The summed E-state index contributed by atoms with van der Waals surface area (Å²) in [5, 5.41) is 16.3. The molecule has 9 aliphatic rings. The van der Waals surface area contributed by atoms with Crippen molar-refractivity contribution in [3.05, 3.63) is 137 Å². The number of amides is 3. The maximum Gasteiger partial charge on any atom is 0.309 e. The van der Waals surface area contributed by atoms with Crippen LogP contribution in [-0.4, -0.2) is 232 Å². The van der Waals surface area contributed by atoms with Crippen molar-refractivity contribution in [3.8, 4) is 70.3 Å². The molecular formula is C106H134B6ClN9O9S3. The van der Waals surface area contributed by atoms with Crippen LogP contribution < -0.4 is 5.32 Å². The van der Waals surface area contributed by atoms with Gasteiger partial charge in [-0.05, 0) is 383 Å². The monoisotopic (exact) mass is 1870 g/mol. The second-order valence-electron chi connectivity index (χ2n) is 40.3. The van der Waals surface area contributed by atoms with Crippen molar-refractivity contribution in [1.82, 2.24) is 44.8 Å². The number of H-pyrrole nitrogens is 3. The number of nitrogens with one attached hydrogen (secondary N) is 4. The molecule has 15 heterocycles. The van der Waals surface area contributed by atoms with Crippen LogP contribution >= 0.6 is 45.6 Å². The van der Waals surface area contributed by atoms with Crippen molar-refractivity contribution >= 4 is 156 Å². The summed E-state index contributed by atoms with van der Waals surface area (Å²) < 4.78 is 10.2. The SMILES string of the molecule is C#CC#CC#C.CCOC(=O)C1CCN(CCc2c(-c3cc(C)cc(C)c3)[nH]c3sc(C(C)(C)C(=O)N4C5CCC4CC5)cc23)CC1.CCOC(=O)C1CCNCC1.Cc1cc(C)cc(-c2[nH]c3sc(C(C)(C)C(=O)N4C5CCC4CC5)cc3c2CCCl)c1.Cc1cc(C)cc(-c2[nH]c3sc(C(C)(C)C(=O)N4C5CCC4CC5)cc3c2CCN2CCC(C(=O)O)CC2)c1.[B]B([B])B([B])[B]. The van der Waals surface area contributed by atoms with Gasteiger partial charge in [0.15, 0.2) is 0 Å². The number of rotatable bonds is 23. The van der Waals surface area contributed by atoms with Crippen molar-refractivity contribution < 1.29 is 43.3 Å². The van der Waals surface area contributed by atoms with E-state index >= 15 is 0 Å². The molecule has 8 radical (unpaired) electrons. The zero-order chi connectivity index (χ0) is 96.4. The van der Waals surface area contributed by atoms with Gasteiger partial charge in [-0.2, -0.15) is 0 Å². The number of benzene rings is 3. The van der Waals surface area contributed by atoms with Gasteiger partial charge in [0.25, 0.3) is 0 Å². The Kier molecular flexibility index (Phi) is 34.8. The molecule has 0 atom stereocenters. The number of alkyl halides is 1. The molecule has 3 aromatic carbocycles. The van der Waals surface area contributed by atoms with E-state index in [1.807, 2.05) is 13.8 Å². The standard InChI is InChI=1S/C34H45N3O3S.C32H41N3O3S.C26H31ClN2OS.C8H15NO2.C6H2.B6/c1-6-40-32(38)23-11-14-36(15-12-23)16-13-27-28-20-29(34(4,5)33(39)37-25-7-8-26(37)10-9-25)41-31(28)35-30(27)24-18-21(2)17-22(3)19-24;1-19-15-20(2)17-22(16-19)28-25(11-14-34-12-9-21(10-13-34)30(36)37)26-18-27(39-29(26)33-28)32(3,4)31(38)35-23-5-6-24(35)8-7-23;1-15-11-16(2)13-17(12-15)23-20(9-10-27)21-14-22(31-24(21)28-23)26(3,4)25(30)29-18-5-6-19(29)8-7-18;1-2-11-8(10)7-3-5-9-6-4-7;1-3-5-6-4-2;1-5(2)6(3)4/h17-20,23,25-26,35H,6-16H2,1-5H3;15-18,21,23-24,33H,5-14H2,1-4H3,(H,36,37);11-14,18-19,28H,5-10H2,1-4H3;7,9H,2-6H2,1H3;1-2H;. The number of aromatic amines is 3. The van der Waals surface area contributed by atoms with Gasteiger partial charge in [-0.15, -0.1) is 58.5 Å². The van der Waals surface area contributed by atoms with E-state index in [4.69, 9.17) is 64.9 Å². The van der Waals surface area contributed by atoms with E-state index in [0.717, 1.165) is 191 Å². The minimum Gasteiger partial charge on any atom is -0.481 e. The molecule has 6 aromatic heterocycles. The second kappa shape index (κ2) is 45.4. The summed E-state index contributed by atoms with van der Waals surface area (Å²) in [5.41, 5.74) is 17.1. The van der Waals surface area contributed by atoms with E-state index < -0.39 is 35.0 Å². The van der Waals surface area contributed by atoms with Crippen LogP contribution in [0.4, 0.5) is 0 Å². The number of fused-ring (bicyclic) bond motifs is 9. The Bertz CT molecular complexity index is 5690. The maximum atomic E-state index is 13.9. The highest BCUT2D eigenvalue weighted by Crippen LogP contribution is 2.50. The van der Waals surface area contributed by atoms with Gasteiger partial charge in [0, 0.05) is 130 Å². The summed E-state index contributed by atoms with van der Waals surface area (Å²) in [5.74, 6) is 9.32. The van der Waals surface area contributed by atoms with Crippen LogP contribution in [-0.2, 0) is 73.7 Å². The number of halogens is 1. The predicted molar refractivity (Wildman–Crippen MR) is 558 cm³/mol. The number of carboxylic acid groups (broad SMARTS) is 1. The van der Waals surface area contributed by atoms with Crippen molar-refractivity contribution in [3.63, 3.8) is 0 Å². The Labute approximate surface area is 819 Å². The largest absolute Gasteiger partial charge is 0.481 e. The molecule has 0 spiro atoms. The second-order valence-corrected chi connectivity index (χ2v) is 43.8. The molecule has 9 aliphatic heterocycles. The molecule has 134 heavy (non-hydrogen) atoms. The number of aryl methyl sites for hydroxylation is 7. The number of carboxylic acids is 1. The fraction of sp³-hybridized carbons (Fsp3) is 0.547. The lowest BCUT2D eigenvalue weighted by atomic mass is 8.81. The number of ether oxygens (including phenoxy) is 2. The van der Waals surface area contributed by atoms with Gasteiger partial charge in [-0.1, -0.05) is 51.6 Å². The first-order valence-corrected chi connectivity index (χ1v) is 51.8. The normalized spacial score (nSPS) is 20.1. The number of piperidine rings is 3. The van der Waals surface area contributed by atoms with Crippen LogP contribution in [0.1, 0.15) is 236 Å². The molecule has 9 saturated heterocycles. The van der Waals surface area contributed by atoms with Crippen molar-refractivity contribution in [2.45, 2.75) is 284 Å². The van der Waals surface area contributed by atoms with Gasteiger partial charge in [0.1, 0.15) is 14.5 Å². The number of esters is 2. The topological polar surface area (TPSA) is 217 Å². The summed E-state index contributed by atoms with van der Waals surface area (Å²) in [6.45, 7) is 37.5. The van der Waals surface area contributed by atoms with E-state index in [0.29, 0.717) is 67.2 Å². The Morgan fingerprint density at radius 2 is 0.694 bits per heavy atom. The predicted octanol–water partition coefficient (Wildman–Crippen LogP) is 18.3. The molecule has 0 aliphatic carbocycles. The van der Waals surface area contributed by atoms with E-state index in [1.54, 1.807) is 34.0 Å². The average Bonchev–Trinajstić information content (AvgIpc) is 1.59. The summed E-state index contributed by atoms with van der Waals surface area (Å²) in [4.78, 5) is 106. The average molecular weight is 1870 g/mol. The molecule has 3 amide bonds. The first-order chi connectivity index (χ1) is 64.0. The molecule has 18 rings (SSSR count). The highest BCUT2D eigenvalue weighted by atomic mass is 35.5. The fourth-order valence-electron chi connectivity index (χ4n) is 22.0. The summed E-state index contributed by atoms with van der Waals surface area (Å²) in [6, 6.07) is 29.7. The van der Waals surface area contributed by atoms with Crippen LogP contribution in [0, 0.1) is 95.8 Å². The summed E-state index contributed by atoms with van der Waals surface area (Å²) in [6.07, 6.45) is 29.9. The zero-order valence-corrected chi connectivity index (χ0v) is 84.6. The van der Waals surface area contributed by atoms with Crippen LogP contribution in [0.5, 0.6) is 0 Å². The first-order valence-electron chi connectivity index (χ1n) is 48.9. The maximum absolute atomic E-state index is 13.9. The minimum absolute atomic E-state index is 0.0194. The molecule has 9 aromatic rings. The molecule has 5 N–H and O–H groups in total. The number of carbonyl (C=O) groups is 6. The quantitative estimate of drug-likeness (QED) is 0.0175. The first kappa shape index (κ1) is 103. The Morgan fingerprint density at radius 1 is 0.425 bits per heavy atom. The number of hydrogen-bond donors (Lipinski definition) is 5. The number of thiophene rings is 3. The third kappa shape index (κ3) is 23.7. The smallest absolute Gasteiger partial charge is 0.309 e. The molecule has 0 saturated carbocycles. The molecule has 6 bridgehead atoms. The molecule has 700 valence electrons. The molecule has 28 heteroatoms. The number of carbonyl (C=O) groups excluding carboxylic acids is 5. The summed E-state index contributed by atoms with van der Waals surface area (Å²) >= 11 is 11.4. The lowest BCUT2D eigenvalue weighted by molar-refractivity contribution is -0.150. The molecule has 0 unspecified atom stereocenters. The number of hydrogen-bond acceptors (Lipinski definition) is 14. The highest BCUT2D eigenvalue weighted by Gasteiger charge is 2.51. The zero-order valence-electron chi connectivity index (χ0n) is 81.4. The number of terminal acetylenes is 2. The van der Waals surface area contributed by atoms with Crippen LogP contribution in [0.25, 0.3) is 64.4 Å². The number of aromatic nitrogens is 3. The number of likely N-dealkylation sites (tertiary alicyclic amines) is 2. The van der Waals surface area contributed by atoms with Gasteiger partial charge in [-0.3, -0.25) is 28.8 Å². The van der Waals surface area contributed by atoms with Gasteiger partial charge < -0.3 is 59.3 Å². The number of aliphatic carboxylic acids is 1. The summed E-state index contributed by atoms with van der Waals surface area (Å²) in [7, 11) is 19.9. The van der Waals surface area contributed by atoms with Crippen LogP contribution in [0.2, 0.25) is 0 Å². The minimum atomic E-state index is -0.663. The van der Waals surface area contributed by atoms with E-state index in [-0.39, 0.29) is 35.6 Å². The van der Waals surface area contributed by atoms with Crippen molar-refractivity contribution in [2.24, 2.45) is 17.8 Å². The molecule has 9 fully saturated rings. The Morgan fingerprint density at radius 3 is 0.948 bits per heavy atom. The van der Waals surface area contributed by atoms with Gasteiger partial charge in [0.05, 0.1) is 64.3 Å². The Hall–Kier alpha value is -8.56. The van der Waals surface area contributed by atoms with Gasteiger partial charge in [-0.25, -0.2) is 0 Å². The van der Waals surface area contributed by atoms with E-state index in [1.165, 1.54) is 126 Å². The third-order valence-electron chi connectivity index (χ3n) is 29.3. The Balaban J connectivity index is 0.000000153. The molecule has 18 nitrogen and oxygen atoms in total. The fourth-order valence-corrected chi connectivity index (χ4v) is 25.7. The van der Waals surface area contributed by atoms with Crippen LogP contribution in [0.3, 0.4) is 0 Å². The van der Waals surface area contributed by atoms with Crippen LogP contribution in [0.15, 0.2) is 72.8 Å². The molecular weight excluding hydrogens is 1740 g/mol. The van der Waals surface area contributed by atoms with Crippen molar-refractivity contribution in [2.75, 3.05) is 71.5 Å². The lowest BCUT2D eigenvalue weighted by Gasteiger charge is -2.31. The van der Waals surface area contributed by atoms with E-state index in [9.17, 15) is 33.9 Å². The van der Waals surface area contributed by atoms with Gasteiger partial charge in [0.2, 0.25) is 17.7 Å². The van der Waals surface area contributed by atoms with Gasteiger partial charge >= 0.3 is 17.9 Å². The number of nitrogens with zero attached hydrogens (tertiary/aromatic N) is 5.